The maximum atomic E-state index is 13.4. The number of nitrogens with two attached hydrogens (primary N) is 1. The van der Waals surface area contributed by atoms with Gasteiger partial charge in [0.15, 0.2) is 0 Å². The Bertz CT molecular complexity index is 877. The molecule has 0 saturated carbocycles. The minimum Gasteiger partial charge on any atom is -0.484 e. The predicted molar refractivity (Wildman–Crippen MR) is 101 cm³/mol. The van der Waals surface area contributed by atoms with Crippen LogP contribution in [0, 0.1) is 17.1 Å². The first-order chi connectivity index (χ1) is 13.8. The van der Waals surface area contributed by atoms with Gasteiger partial charge in [-0.3, -0.25) is 0 Å². The standard InChI is InChI=1S/C15H14ClFN2O2.C4H4O4/c16-12-7-15(11(8-19)6-13(12)17)21-14(2-1-4-18)10-3-5-20-9-10;5-3(6)1-2-4(7)8/h3,5-7,9,14H,1-2,4,18H2;1-2H,(H,5,6)(H,7,8)/t14-;/m1./s1. The van der Waals surface area contributed by atoms with Crippen LogP contribution in [0.5, 0.6) is 5.75 Å². The van der Waals surface area contributed by atoms with Crippen molar-refractivity contribution in [1.82, 2.24) is 0 Å². The first kappa shape index (κ1) is 23.7. The van der Waals surface area contributed by atoms with Crippen molar-refractivity contribution in [2.24, 2.45) is 5.73 Å². The van der Waals surface area contributed by atoms with E-state index in [1.807, 2.05) is 6.07 Å². The van der Waals surface area contributed by atoms with E-state index in [4.69, 9.17) is 42.0 Å². The molecule has 0 aliphatic carbocycles. The average Bonchev–Trinajstić information content (AvgIpc) is 3.21. The largest absolute Gasteiger partial charge is 0.484 e. The molecule has 8 nitrogen and oxygen atoms in total. The first-order valence-electron chi connectivity index (χ1n) is 8.20. The fraction of sp³-hybridized carbons (Fsp3) is 0.211. The van der Waals surface area contributed by atoms with Crippen molar-refractivity contribution in [2.75, 3.05) is 6.54 Å². The summed E-state index contributed by atoms with van der Waals surface area (Å²) in [6.07, 6.45) is 5.28. The second-order valence-corrected chi connectivity index (χ2v) is 5.89. The minimum absolute atomic E-state index is 0.0891. The van der Waals surface area contributed by atoms with E-state index in [-0.39, 0.29) is 22.4 Å². The Morgan fingerprint density at radius 1 is 1.34 bits per heavy atom. The summed E-state index contributed by atoms with van der Waals surface area (Å²) in [4.78, 5) is 19.1. The number of hydrogen-bond acceptors (Lipinski definition) is 6. The molecule has 10 heteroatoms. The van der Waals surface area contributed by atoms with Crippen molar-refractivity contribution in [3.05, 3.63) is 64.8 Å². The van der Waals surface area contributed by atoms with Crippen LogP contribution in [-0.2, 0) is 9.59 Å². The fourth-order valence-corrected chi connectivity index (χ4v) is 2.22. The van der Waals surface area contributed by atoms with Gasteiger partial charge in [0.05, 0.1) is 23.1 Å². The molecule has 1 aromatic heterocycles. The van der Waals surface area contributed by atoms with Crippen LogP contribution < -0.4 is 10.5 Å². The molecule has 0 unspecified atom stereocenters. The molecule has 1 heterocycles. The van der Waals surface area contributed by atoms with Crippen LogP contribution in [-0.4, -0.2) is 28.7 Å². The molecule has 0 spiro atoms. The summed E-state index contributed by atoms with van der Waals surface area (Å²) < 4.78 is 24.3. The minimum atomic E-state index is -1.26. The van der Waals surface area contributed by atoms with Crippen LogP contribution in [0.1, 0.15) is 30.1 Å². The number of aliphatic carboxylic acids is 2. The zero-order valence-electron chi connectivity index (χ0n) is 15.0. The summed E-state index contributed by atoms with van der Waals surface area (Å²) in [6.45, 7) is 0.521. The molecule has 0 amide bonds. The Kier molecular flexibility index (Phi) is 9.95. The quantitative estimate of drug-likeness (QED) is 0.545. The summed E-state index contributed by atoms with van der Waals surface area (Å²) >= 11 is 5.75. The summed E-state index contributed by atoms with van der Waals surface area (Å²) in [7, 11) is 0. The highest BCUT2D eigenvalue weighted by molar-refractivity contribution is 6.30. The highest BCUT2D eigenvalue weighted by atomic mass is 35.5. The van der Waals surface area contributed by atoms with Gasteiger partial charge in [-0.05, 0) is 31.5 Å². The molecule has 1 atom stereocenters. The molecule has 0 bridgehead atoms. The molecule has 4 N–H and O–H groups in total. The van der Waals surface area contributed by atoms with Crippen molar-refractivity contribution >= 4 is 23.5 Å². The van der Waals surface area contributed by atoms with Gasteiger partial charge in [-0.2, -0.15) is 5.26 Å². The highest BCUT2D eigenvalue weighted by Crippen LogP contribution is 2.31. The van der Waals surface area contributed by atoms with Crippen molar-refractivity contribution in [3.8, 4) is 11.8 Å². The second kappa shape index (κ2) is 12.2. The monoisotopic (exact) mass is 424 g/mol. The van der Waals surface area contributed by atoms with Gasteiger partial charge in [0, 0.05) is 23.8 Å². The zero-order valence-corrected chi connectivity index (χ0v) is 15.8. The van der Waals surface area contributed by atoms with Crippen LogP contribution in [0.15, 0.2) is 47.3 Å². The summed E-state index contributed by atoms with van der Waals surface area (Å²) in [5.41, 5.74) is 6.44. The first-order valence-corrected chi connectivity index (χ1v) is 8.58. The lowest BCUT2D eigenvalue weighted by molar-refractivity contribution is -0.134. The topological polar surface area (TPSA) is 147 Å². The lowest BCUT2D eigenvalue weighted by Gasteiger charge is -2.18. The van der Waals surface area contributed by atoms with Crippen molar-refractivity contribution in [2.45, 2.75) is 18.9 Å². The molecule has 29 heavy (non-hydrogen) atoms. The molecular formula is C19H18ClFN2O6. The van der Waals surface area contributed by atoms with Crippen LogP contribution in [0.3, 0.4) is 0 Å². The zero-order chi connectivity index (χ0) is 21.8. The third kappa shape index (κ3) is 8.47. The number of rotatable bonds is 8. The van der Waals surface area contributed by atoms with Gasteiger partial charge in [-0.15, -0.1) is 0 Å². The lowest BCUT2D eigenvalue weighted by Crippen LogP contribution is -2.10. The van der Waals surface area contributed by atoms with Crippen molar-refractivity contribution in [3.63, 3.8) is 0 Å². The van der Waals surface area contributed by atoms with Crippen LogP contribution >= 0.6 is 11.6 Å². The normalized spacial score (nSPS) is 11.2. The number of furan rings is 1. The molecule has 0 fully saturated rings. The average molecular weight is 425 g/mol. The third-order valence-electron chi connectivity index (χ3n) is 3.37. The SMILES string of the molecule is N#Cc1cc(F)c(Cl)cc1O[C@H](CCCN)c1ccoc1.O=C(O)C=CC(=O)O. The second-order valence-electron chi connectivity index (χ2n) is 5.48. The Morgan fingerprint density at radius 3 is 2.48 bits per heavy atom. The highest BCUT2D eigenvalue weighted by Gasteiger charge is 2.18. The van der Waals surface area contributed by atoms with Gasteiger partial charge in [0.25, 0.3) is 0 Å². The molecular weight excluding hydrogens is 407 g/mol. The number of hydrogen-bond donors (Lipinski definition) is 3. The number of halogens is 2. The number of nitrogens with zero attached hydrogens (tertiary/aromatic N) is 1. The number of carboxylic acids is 2. The molecule has 0 aliphatic rings. The van der Waals surface area contributed by atoms with Gasteiger partial charge < -0.3 is 25.1 Å². The predicted octanol–water partition coefficient (Wildman–Crippen LogP) is 3.51. The van der Waals surface area contributed by atoms with E-state index < -0.39 is 17.8 Å². The van der Waals surface area contributed by atoms with Crippen LogP contribution in [0.4, 0.5) is 4.39 Å². The van der Waals surface area contributed by atoms with E-state index in [0.29, 0.717) is 25.1 Å². The Labute approximate surface area is 170 Å². The Hall–Kier alpha value is -3.35. The Balaban J connectivity index is 0.000000447. The van der Waals surface area contributed by atoms with Gasteiger partial charge in [-0.1, -0.05) is 11.6 Å². The van der Waals surface area contributed by atoms with Gasteiger partial charge in [0.2, 0.25) is 0 Å². The van der Waals surface area contributed by atoms with Crippen LogP contribution in [0.2, 0.25) is 5.02 Å². The van der Waals surface area contributed by atoms with E-state index in [1.54, 1.807) is 12.3 Å². The maximum Gasteiger partial charge on any atom is 0.328 e. The molecule has 2 rings (SSSR count). The lowest BCUT2D eigenvalue weighted by atomic mass is 10.1. The van der Waals surface area contributed by atoms with Crippen molar-refractivity contribution in [1.29, 1.82) is 5.26 Å². The third-order valence-corrected chi connectivity index (χ3v) is 3.66. The Morgan fingerprint density at radius 2 is 2.00 bits per heavy atom. The molecule has 154 valence electrons. The smallest absolute Gasteiger partial charge is 0.328 e. The fourth-order valence-electron chi connectivity index (χ4n) is 2.06. The van der Waals surface area contributed by atoms with Crippen molar-refractivity contribution < 1.29 is 33.3 Å². The van der Waals surface area contributed by atoms with Gasteiger partial charge in [0.1, 0.15) is 23.7 Å². The van der Waals surface area contributed by atoms with E-state index in [2.05, 4.69) is 0 Å². The van der Waals surface area contributed by atoms with Gasteiger partial charge in [-0.25, -0.2) is 14.0 Å². The molecule has 2 aromatic rings. The van der Waals surface area contributed by atoms with E-state index in [1.165, 1.54) is 12.3 Å². The van der Waals surface area contributed by atoms with E-state index >= 15 is 0 Å². The number of carboxylic acid groups (broad SMARTS) is 2. The van der Waals surface area contributed by atoms with E-state index in [9.17, 15) is 14.0 Å². The van der Waals surface area contributed by atoms with E-state index in [0.717, 1.165) is 18.1 Å². The van der Waals surface area contributed by atoms with Gasteiger partial charge >= 0.3 is 11.9 Å². The summed E-state index contributed by atoms with van der Waals surface area (Å²) in [5.74, 6) is -2.92. The molecule has 0 aliphatic heterocycles. The molecule has 0 saturated heterocycles. The molecule has 0 radical (unpaired) electrons. The summed E-state index contributed by atoms with van der Waals surface area (Å²) in [6, 6.07) is 6.05. The number of ether oxygens (including phenoxy) is 1. The number of benzene rings is 1. The maximum absolute atomic E-state index is 13.4. The molecule has 1 aromatic carbocycles. The number of carbonyl (C=O) groups is 2. The summed E-state index contributed by atoms with van der Waals surface area (Å²) in [5, 5.41) is 24.6. The van der Waals surface area contributed by atoms with Crippen LogP contribution in [0.25, 0.3) is 0 Å². The number of nitriles is 1.